The fourth-order valence-corrected chi connectivity index (χ4v) is 2.70. The molecule has 1 fully saturated rings. The minimum atomic E-state index is -0.548. The number of halogens is 1. The summed E-state index contributed by atoms with van der Waals surface area (Å²) >= 11 is 7.37. The summed E-state index contributed by atoms with van der Waals surface area (Å²) < 4.78 is 12.0. The Kier molecular flexibility index (Phi) is 2.60. The van der Waals surface area contributed by atoms with Crippen molar-refractivity contribution in [3.8, 4) is 0 Å². The molecule has 0 N–H and O–H groups in total. The molecule has 1 radical (unpaired) electrons. The molecule has 0 bridgehead atoms. The van der Waals surface area contributed by atoms with Gasteiger partial charge in [0, 0.05) is 4.88 Å². The Balaban J connectivity index is 2.20. The molecule has 2 atom stereocenters. The van der Waals surface area contributed by atoms with E-state index in [0.717, 1.165) is 9.21 Å². The van der Waals surface area contributed by atoms with Gasteiger partial charge in [0.25, 0.3) is 0 Å². The number of thiophene rings is 1. The second kappa shape index (κ2) is 3.49. The van der Waals surface area contributed by atoms with E-state index in [1.807, 2.05) is 26.0 Å². The third-order valence-corrected chi connectivity index (χ3v) is 3.35. The first-order valence-corrected chi connectivity index (χ1v) is 5.61. The zero-order valence-electron chi connectivity index (χ0n) is 8.12. The van der Waals surface area contributed by atoms with E-state index in [9.17, 15) is 0 Å². The van der Waals surface area contributed by atoms with Crippen LogP contribution in [0.2, 0.25) is 4.34 Å². The second-order valence-electron chi connectivity index (χ2n) is 3.74. The smallest absolute Gasteiger partial charge is 0.164 e. The van der Waals surface area contributed by atoms with Crippen LogP contribution in [0.3, 0.4) is 0 Å². The summed E-state index contributed by atoms with van der Waals surface area (Å²) in [5, 5.41) is 0. The molecule has 14 heavy (non-hydrogen) atoms. The van der Waals surface area contributed by atoms with Crippen molar-refractivity contribution < 1.29 is 9.47 Å². The van der Waals surface area contributed by atoms with Crippen molar-refractivity contribution in [3.05, 3.63) is 28.3 Å². The highest BCUT2D eigenvalue weighted by Gasteiger charge is 2.40. The lowest BCUT2D eigenvalue weighted by Crippen LogP contribution is -2.20. The zero-order chi connectivity index (χ0) is 10.3. The lowest BCUT2D eigenvalue weighted by molar-refractivity contribution is -0.143. The minimum Gasteiger partial charge on any atom is -0.344 e. The van der Waals surface area contributed by atoms with Gasteiger partial charge >= 0.3 is 0 Å². The lowest BCUT2D eigenvalue weighted by Gasteiger charge is -2.16. The molecule has 4 heteroatoms. The standard InChI is InChI=1S/C10H12ClO2S/c1-6-9(13-10(2,3)12-6)7-4-5-8(11)14-7/h4-6,9H,1H2,2-3H3. The van der Waals surface area contributed by atoms with Gasteiger partial charge in [-0.2, -0.15) is 0 Å². The van der Waals surface area contributed by atoms with Crippen LogP contribution in [0.25, 0.3) is 0 Å². The van der Waals surface area contributed by atoms with E-state index >= 15 is 0 Å². The molecule has 2 rings (SSSR count). The van der Waals surface area contributed by atoms with Gasteiger partial charge in [-0.25, -0.2) is 0 Å². The predicted molar refractivity (Wildman–Crippen MR) is 57.5 cm³/mol. The molecule has 0 aromatic carbocycles. The first-order chi connectivity index (χ1) is 6.48. The summed E-state index contributed by atoms with van der Waals surface area (Å²) in [6.07, 6.45) is -0.262. The molecule has 1 saturated heterocycles. The van der Waals surface area contributed by atoms with E-state index in [0.29, 0.717) is 0 Å². The average molecular weight is 232 g/mol. The van der Waals surface area contributed by atoms with Crippen molar-refractivity contribution >= 4 is 22.9 Å². The molecule has 0 spiro atoms. The number of ether oxygens (including phenoxy) is 2. The van der Waals surface area contributed by atoms with Gasteiger partial charge in [-0.3, -0.25) is 0 Å². The molecular formula is C10H12ClO2S. The maximum absolute atomic E-state index is 5.86. The molecule has 1 aliphatic heterocycles. The molecule has 0 saturated carbocycles. The van der Waals surface area contributed by atoms with E-state index in [2.05, 4.69) is 6.92 Å². The summed E-state index contributed by atoms with van der Waals surface area (Å²) in [6.45, 7) is 7.70. The zero-order valence-corrected chi connectivity index (χ0v) is 9.69. The van der Waals surface area contributed by atoms with E-state index in [-0.39, 0.29) is 12.2 Å². The molecule has 2 nitrogen and oxygen atoms in total. The molecule has 1 aromatic rings. The van der Waals surface area contributed by atoms with Gasteiger partial charge in [-0.1, -0.05) is 11.6 Å². The van der Waals surface area contributed by atoms with Crippen LogP contribution in [0.4, 0.5) is 0 Å². The van der Waals surface area contributed by atoms with Crippen molar-refractivity contribution in [1.29, 1.82) is 0 Å². The van der Waals surface area contributed by atoms with Gasteiger partial charge in [-0.05, 0) is 32.9 Å². The third kappa shape index (κ3) is 1.96. The van der Waals surface area contributed by atoms with Crippen LogP contribution in [0.5, 0.6) is 0 Å². The lowest BCUT2D eigenvalue weighted by atomic mass is 10.2. The van der Waals surface area contributed by atoms with Crippen LogP contribution in [-0.4, -0.2) is 11.9 Å². The fraction of sp³-hybridized carbons (Fsp3) is 0.500. The monoisotopic (exact) mass is 231 g/mol. The molecule has 77 valence electrons. The van der Waals surface area contributed by atoms with Crippen molar-refractivity contribution in [1.82, 2.24) is 0 Å². The van der Waals surface area contributed by atoms with Gasteiger partial charge in [0.1, 0.15) is 6.10 Å². The summed E-state index contributed by atoms with van der Waals surface area (Å²) in [5.41, 5.74) is 0. The van der Waals surface area contributed by atoms with E-state index in [1.165, 1.54) is 11.3 Å². The van der Waals surface area contributed by atoms with Crippen LogP contribution in [-0.2, 0) is 9.47 Å². The number of hydrogen-bond donors (Lipinski definition) is 0. The number of hydrogen-bond acceptors (Lipinski definition) is 3. The Morgan fingerprint density at radius 2 is 2.14 bits per heavy atom. The SMILES string of the molecule is [CH2]C1OC(C)(C)OC1c1ccc(Cl)s1. The molecular weight excluding hydrogens is 220 g/mol. The highest BCUT2D eigenvalue weighted by Crippen LogP contribution is 2.40. The highest BCUT2D eigenvalue weighted by atomic mass is 35.5. The first-order valence-electron chi connectivity index (χ1n) is 4.42. The van der Waals surface area contributed by atoms with Gasteiger partial charge in [0.2, 0.25) is 0 Å². The summed E-state index contributed by atoms with van der Waals surface area (Å²) in [6, 6.07) is 3.82. The van der Waals surface area contributed by atoms with E-state index in [1.54, 1.807) is 0 Å². The van der Waals surface area contributed by atoms with Gasteiger partial charge in [0.05, 0.1) is 10.4 Å². The van der Waals surface area contributed by atoms with Crippen LogP contribution in [0, 0.1) is 6.92 Å². The van der Waals surface area contributed by atoms with Gasteiger partial charge in [0.15, 0.2) is 5.79 Å². The topological polar surface area (TPSA) is 18.5 Å². The normalized spacial score (nSPS) is 30.9. The minimum absolute atomic E-state index is 0.0949. The van der Waals surface area contributed by atoms with Crippen LogP contribution in [0.15, 0.2) is 12.1 Å². The third-order valence-electron chi connectivity index (χ3n) is 2.06. The largest absolute Gasteiger partial charge is 0.344 e. The molecule has 2 unspecified atom stereocenters. The van der Waals surface area contributed by atoms with Crippen molar-refractivity contribution in [2.75, 3.05) is 0 Å². The quantitative estimate of drug-likeness (QED) is 0.737. The predicted octanol–water partition coefficient (Wildman–Crippen LogP) is 3.43. The maximum Gasteiger partial charge on any atom is 0.164 e. The first kappa shape index (κ1) is 10.4. The summed E-state index contributed by atoms with van der Waals surface area (Å²) in [7, 11) is 0. The van der Waals surface area contributed by atoms with Crippen molar-refractivity contribution in [2.24, 2.45) is 0 Å². The summed E-state index contributed by atoms with van der Waals surface area (Å²) in [5.74, 6) is -0.548. The Labute approximate surface area is 92.8 Å². The van der Waals surface area contributed by atoms with Crippen molar-refractivity contribution in [2.45, 2.75) is 31.8 Å². The van der Waals surface area contributed by atoms with E-state index < -0.39 is 5.79 Å². The van der Waals surface area contributed by atoms with Gasteiger partial charge in [-0.15, -0.1) is 11.3 Å². The Hall–Kier alpha value is -0.0900. The highest BCUT2D eigenvalue weighted by molar-refractivity contribution is 7.16. The van der Waals surface area contributed by atoms with Crippen LogP contribution >= 0.6 is 22.9 Å². The average Bonchev–Trinajstić information content (AvgIpc) is 2.55. The van der Waals surface area contributed by atoms with Crippen LogP contribution < -0.4 is 0 Å². The van der Waals surface area contributed by atoms with Gasteiger partial charge < -0.3 is 9.47 Å². The molecule has 0 aliphatic carbocycles. The Bertz CT molecular complexity index is 335. The number of rotatable bonds is 1. The summed E-state index contributed by atoms with van der Waals surface area (Å²) in [4.78, 5) is 1.07. The van der Waals surface area contributed by atoms with E-state index in [4.69, 9.17) is 21.1 Å². The molecule has 2 heterocycles. The van der Waals surface area contributed by atoms with Crippen LogP contribution in [0.1, 0.15) is 24.8 Å². The van der Waals surface area contributed by atoms with Crippen molar-refractivity contribution in [3.63, 3.8) is 0 Å². The fourth-order valence-electron chi connectivity index (χ4n) is 1.56. The molecule has 1 aliphatic rings. The Morgan fingerprint density at radius 3 is 2.57 bits per heavy atom. The molecule has 1 aromatic heterocycles. The second-order valence-corrected chi connectivity index (χ2v) is 5.48. The Morgan fingerprint density at radius 1 is 1.43 bits per heavy atom. The maximum atomic E-state index is 5.86. The molecule has 0 amide bonds.